The third kappa shape index (κ3) is 5.25. The molecule has 0 spiro atoms. The lowest BCUT2D eigenvalue weighted by Gasteiger charge is -2.06. The molecular weight excluding hydrogens is 469 g/mol. The molecule has 32 heavy (non-hydrogen) atoms. The molecule has 0 bridgehead atoms. The van der Waals surface area contributed by atoms with Gasteiger partial charge in [-0.3, -0.25) is 4.79 Å². The van der Waals surface area contributed by atoms with Gasteiger partial charge in [0.05, 0.1) is 21.3 Å². The van der Waals surface area contributed by atoms with Crippen LogP contribution in [0.15, 0.2) is 78.0 Å². The largest absolute Gasteiger partial charge is 0.482 e. The lowest BCUT2D eigenvalue weighted by molar-refractivity contribution is -0.123. The number of ether oxygens (including phenoxy) is 1. The molecule has 3 aromatic carbocycles. The highest BCUT2D eigenvalue weighted by Gasteiger charge is 2.09. The van der Waals surface area contributed by atoms with E-state index in [0.29, 0.717) is 27.4 Å². The predicted octanol–water partition coefficient (Wildman–Crippen LogP) is 6.18. The number of carbonyl (C=O) groups excluding carboxylic acids is 1. The summed E-state index contributed by atoms with van der Waals surface area (Å²) >= 11 is 18.2. The molecule has 0 aliphatic carbocycles. The van der Waals surface area contributed by atoms with E-state index < -0.39 is 0 Å². The molecule has 1 aromatic heterocycles. The summed E-state index contributed by atoms with van der Waals surface area (Å²) in [6.07, 6.45) is 3.59. The first-order valence-corrected chi connectivity index (χ1v) is 10.9. The molecule has 0 saturated carbocycles. The zero-order valence-corrected chi connectivity index (χ0v) is 19.0. The van der Waals surface area contributed by atoms with Crippen molar-refractivity contribution >= 4 is 57.8 Å². The number of nitrogens with one attached hydrogen (secondary N) is 1. The van der Waals surface area contributed by atoms with Crippen molar-refractivity contribution in [2.75, 3.05) is 6.61 Å². The molecule has 0 aliphatic rings. The Labute approximate surface area is 200 Å². The fourth-order valence-electron chi connectivity index (χ4n) is 3.25. The Hall–Kier alpha value is -2.99. The van der Waals surface area contributed by atoms with Gasteiger partial charge in [0.15, 0.2) is 6.61 Å². The molecule has 8 heteroatoms. The summed E-state index contributed by atoms with van der Waals surface area (Å²) in [6, 6.07) is 20.5. The van der Waals surface area contributed by atoms with Gasteiger partial charge in [-0.1, -0.05) is 71.2 Å². The number of aromatic nitrogens is 1. The highest BCUT2D eigenvalue weighted by molar-refractivity contribution is 6.42. The molecule has 4 rings (SSSR count). The summed E-state index contributed by atoms with van der Waals surface area (Å²) in [5.74, 6) is 0.0550. The van der Waals surface area contributed by atoms with Crippen LogP contribution >= 0.6 is 34.8 Å². The molecule has 0 radical (unpaired) electrons. The van der Waals surface area contributed by atoms with Crippen molar-refractivity contribution in [3.63, 3.8) is 0 Å². The number of amides is 1. The molecular formula is C24H18Cl3N3O2. The number of rotatable bonds is 7. The van der Waals surface area contributed by atoms with E-state index in [1.807, 2.05) is 42.6 Å². The molecule has 4 aromatic rings. The minimum atomic E-state index is -0.388. The summed E-state index contributed by atoms with van der Waals surface area (Å²) < 4.78 is 7.51. The first-order chi connectivity index (χ1) is 15.5. The third-order valence-electron chi connectivity index (χ3n) is 4.74. The molecule has 1 amide bonds. The number of fused-ring (bicyclic) bond motifs is 1. The minimum Gasteiger partial charge on any atom is -0.482 e. The quantitative estimate of drug-likeness (QED) is 0.250. The third-order valence-corrected chi connectivity index (χ3v) is 5.80. The standard InChI is InChI=1S/C24H18Cl3N3O2/c25-19-10-9-16(11-21(19)27)13-30-14-17(18-5-1-3-7-22(18)30)12-28-29-24(31)15-32-23-8-4-2-6-20(23)26/h1-12,14H,13,15H2,(H,29,31)/b28-12-. The van der Waals surface area contributed by atoms with Gasteiger partial charge in [0, 0.05) is 29.2 Å². The van der Waals surface area contributed by atoms with Crippen LogP contribution in [0.5, 0.6) is 5.75 Å². The van der Waals surface area contributed by atoms with E-state index in [4.69, 9.17) is 39.5 Å². The zero-order valence-electron chi connectivity index (χ0n) is 16.8. The number of nitrogens with zero attached hydrogens (tertiary/aromatic N) is 2. The number of halogens is 3. The molecule has 0 atom stereocenters. The van der Waals surface area contributed by atoms with E-state index in [-0.39, 0.29) is 12.5 Å². The van der Waals surface area contributed by atoms with Gasteiger partial charge in [0.25, 0.3) is 5.91 Å². The van der Waals surface area contributed by atoms with Gasteiger partial charge in [-0.2, -0.15) is 5.10 Å². The van der Waals surface area contributed by atoms with E-state index in [2.05, 4.69) is 15.1 Å². The monoisotopic (exact) mass is 485 g/mol. The normalized spacial score (nSPS) is 11.2. The second-order valence-electron chi connectivity index (χ2n) is 6.99. The van der Waals surface area contributed by atoms with Gasteiger partial charge in [-0.25, -0.2) is 5.43 Å². The molecule has 0 aliphatic heterocycles. The van der Waals surface area contributed by atoms with Gasteiger partial charge in [-0.15, -0.1) is 0 Å². The summed E-state index contributed by atoms with van der Waals surface area (Å²) in [5.41, 5.74) is 5.41. The van der Waals surface area contributed by atoms with E-state index in [1.54, 1.807) is 36.5 Å². The second kappa shape index (κ2) is 10.1. The Morgan fingerprint density at radius 2 is 1.75 bits per heavy atom. The number of hydrogen-bond donors (Lipinski definition) is 1. The SMILES string of the molecule is O=C(COc1ccccc1Cl)N/N=C\c1cn(Cc2ccc(Cl)c(Cl)c2)c2ccccc12. The van der Waals surface area contributed by atoms with Crippen molar-refractivity contribution in [1.29, 1.82) is 0 Å². The Morgan fingerprint density at radius 3 is 2.56 bits per heavy atom. The van der Waals surface area contributed by atoms with Crippen molar-refractivity contribution in [2.24, 2.45) is 5.10 Å². The van der Waals surface area contributed by atoms with E-state index in [9.17, 15) is 4.79 Å². The van der Waals surface area contributed by atoms with Crippen LogP contribution in [-0.2, 0) is 11.3 Å². The van der Waals surface area contributed by atoms with Crippen molar-refractivity contribution in [3.05, 3.63) is 99.1 Å². The number of para-hydroxylation sites is 2. The van der Waals surface area contributed by atoms with Crippen molar-refractivity contribution in [1.82, 2.24) is 9.99 Å². The van der Waals surface area contributed by atoms with E-state index >= 15 is 0 Å². The second-order valence-corrected chi connectivity index (χ2v) is 8.21. The Morgan fingerprint density at radius 1 is 0.969 bits per heavy atom. The Bertz CT molecular complexity index is 1300. The fourth-order valence-corrected chi connectivity index (χ4v) is 3.77. The molecule has 0 fully saturated rings. The van der Waals surface area contributed by atoms with Crippen LogP contribution in [0.1, 0.15) is 11.1 Å². The molecule has 0 unspecified atom stereocenters. The smallest absolute Gasteiger partial charge is 0.277 e. The minimum absolute atomic E-state index is 0.194. The molecule has 5 nitrogen and oxygen atoms in total. The molecule has 1 heterocycles. The lowest BCUT2D eigenvalue weighted by Crippen LogP contribution is -2.24. The van der Waals surface area contributed by atoms with Crippen LogP contribution in [0.2, 0.25) is 15.1 Å². The van der Waals surface area contributed by atoms with Crippen LogP contribution < -0.4 is 10.2 Å². The topological polar surface area (TPSA) is 55.6 Å². The van der Waals surface area contributed by atoms with Crippen molar-refractivity contribution < 1.29 is 9.53 Å². The summed E-state index contributed by atoms with van der Waals surface area (Å²) in [5, 5.41) is 6.58. The maximum atomic E-state index is 12.1. The molecule has 162 valence electrons. The van der Waals surface area contributed by atoms with Crippen LogP contribution in [0, 0.1) is 0 Å². The van der Waals surface area contributed by atoms with Gasteiger partial charge in [-0.05, 0) is 35.9 Å². The average Bonchev–Trinajstić information content (AvgIpc) is 3.13. The predicted molar refractivity (Wildman–Crippen MR) is 130 cm³/mol. The number of hydrazone groups is 1. The average molecular weight is 487 g/mol. The van der Waals surface area contributed by atoms with E-state index in [1.165, 1.54) is 0 Å². The van der Waals surface area contributed by atoms with Crippen molar-refractivity contribution in [3.8, 4) is 5.75 Å². The van der Waals surface area contributed by atoms with Gasteiger partial charge < -0.3 is 9.30 Å². The summed E-state index contributed by atoms with van der Waals surface area (Å²) in [6.45, 7) is 0.420. The highest BCUT2D eigenvalue weighted by Crippen LogP contribution is 2.26. The highest BCUT2D eigenvalue weighted by atomic mass is 35.5. The zero-order chi connectivity index (χ0) is 22.5. The van der Waals surface area contributed by atoms with Crippen LogP contribution in [-0.4, -0.2) is 23.3 Å². The summed E-state index contributed by atoms with van der Waals surface area (Å²) in [7, 11) is 0. The van der Waals surface area contributed by atoms with Crippen molar-refractivity contribution in [2.45, 2.75) is 6.54 Å². The van der Waals surface area contributed by atoms with Gasteiger partial charge >= 0.3 is 0 Å². The molecule has 0 saturated heterocycles. The maximum absolute atomic E-state index is 12.1. The number of benzene rings is 3. The summed E-state index contributed by atoms with van der Waals surface area (Å²) in [4.78, 5) is 12.1. The first kappa shape index (κ1) is 22.2. The number of hydrogen-bond acceptors (Lipinski definition) is 3. The van der Waals surface area contributed by atoms with Gasteiger partial charge in [0.1, 0.15) is 5.75 Å². The van der Waals surface area contributed by atoms with E-state index in [0.717, 1.165) is 22.0 Å². The fraction of sp³-hybridized carbons (Fsp3) is 0.0833. The number of carbonyl (C=O) groups is 1. The Kier molecular flexibility index (Phi) is 7.00. The van der Waals surface area contributed by atoms with Crippen LogP contribution in [0.25, 0.3) is 10.9 Å². The van der Waals surface area contributed by atoms with Crippen LogP contribution in [0.3, 0.4) is 0 Å². The molecule has 1 N–H and O–H groups in total. The Balaban J connectivity index is 1.46. The van der Waals surface area contributed by atoms with Crippen LogP contribution in [0.4, 0.5) is 0 Å². The first-order valence-electron chi connectivity index (χ1n) is 9.72. The maximum Gasteiger partial charge on any atom is 0.277 e. The van der Waals surface area contributed by atoms with Gasteiger partial charge in [0.2, 0.25) is 0 Å². The lowest BCUT2D eigenvalue weighted by atomic mass is 10.2.